The van der Waals surface area contributed by atoms with Gasteiger partial charge in [-0.15, -0.1) is 0 Å². The largest absolute Gasteiger partial charge is 0 e. The van der Waals surface area contributed by atoms with E-state index in [0.29, 0.717) is 0 Å². The Bertz CT molecular complexity index is 127. The van der Waals surface area contributed by atoms with Gasteiger partial charge in [-0.25, -0.2) is 14.4 Å². The Morgan fingerprint density at radius 1 is 0.474 bits per heavy atom. The van der Waals surface area contributed by atoms with Crippen molar-refractivity contribution in [2.75, 3.05) is 0 Å². The zero-order valence-electron chi connectivity index (χ0n) is 7.62. The third kappa shape index (κ3) is 3670. The molecule has 0 amide bonds. The summed E-state index contributed by atoms with van der Waals surface area (Å²) in [6.07, 6.45) is -5.50. The minimum absolute atomic E-state index is 0. The van der Waals surface area contributed by atoms with Crippen LogP contribution in [0.25, 0.3) is 0 Å². The van der Waals surface area contributed by atoms with E-state index < -0.39 is 18.5 Å². The molecule has 0 aliphatic rings. The second-order valence-corrected chi connectivity index (χ2v) is 0.848. The predicted octanol–water partition coefficient (Wildman–Crippen LogP) is -3.64. The number of carboxylic acid groups (broad SMARTS) is 6. The van der Waals surface area contributed by atoms with Crippen LogP contribution in [0.4, 0.5) is 14.4 Å². The summed E-state index contributed by atoms with van der Waals surface area (Å²) >= 11 is 0. The monoisotopic (exact) mass is 436 g/mol. The molecule has 12 nitrogen and oxygen atoms in total. The quantitative estimate of drug-likeness (QED) is 0.204. The Hall–Kier alpha value is 1.25. The molecule has 0 bridgehead atoms. The van der Waals surface area contributed by atoms with Crippen LogP contribution in [0.5, 0.6) is 0 Å². The van der Waals surface area contributed by atoms with Gasteiger partial charge < -0.3 is 47.1 Å². The Labute approximate surface area is 187 Å². The maximum absolute atomic E-state index is 8.56. The summed E-state index contributed by atoms with van der Waals surface area (Å²) in [4.78, 5) is 25.7. The van der Waals surface area contributed by atoms with E-state index in [1.54, 1.807) is 0 Å². The van der Waals surface area contributed by atoms with Crippen LogP contribution in [0.2, 0.25) is 0 Å². The van der Waals surface area contributed by atoms with Gasteiger partial charge in [0.15, 0.2) is 0 Å². The first-order valence-electron chi connectivity index (χ1n) is 1.95. The van der Waals surface area contributed by atoms with Crippen LogP contribution in [0, 0.1) is 0 Å². The molecule has 0 saturated carbocycles. The fourth-order valence-electron chi connectivity index (χ4n) is 0. The van der Waals surface area contributed by atoms with Crippen molar-refractivity contribution in [1.82, 2.24) is 0 Å². The van der Waals surface area contributed by atoms with Gasteiger partial charge >= 0.3 is 93.9 Å². The molecule has 0 fully saturated rings. The van der Waals surface area contributed by atoms with Crippen LogP contribution in [0.1, 0.15) is 0 Å². The molecule has 120 valence electrons. The van der Waals surface area contributed by atoms with Crippen LogP contribution in [-0.4, -0.2) is 141 Å². The molecule has 0 saturated heterocycles. The van der Waals surface area contributed by atoms with Crippen LogP contribution in [0.15, 0.2) is 0 Å². The number of hydrogen-bond donors (Lipinski definition) is 6. The number of hydrogen-bond acceptors (Lipinski definition) is 3. The molecular formula is C3H16Ca2Fe2O12. The van der Waals surface area contributed by atoms with Gasteiger partial charge in [-0.1, -0.05) is 0 Å². The fraction of sp³-hybridized carbons (Fsp3) is 0. The smallest absolute Gasteiger partial charge is 0 e. The molecular weight excluding hydrogens is 420 g/mol. The minimum Gasteiger partial charge on any atom is 0 e. The topological polar surface area (TPSA) is 267 Å². The van der Waals surface area contributed by atoms with Crippen molar-refractivity contribution in [1.29, 1.82) is 0 Å². The van der Waals surface area contributed by atoms with Gasteiger partial charge in [-0.05, 0) is 0 Å². The Balaban J connectivity index is -0.00000000675. The van der Waals surface area contributed by atoms with Crippen LogP contribution >= 0.6 is 0 Å². The zero-order chi connectivity index (χ0) is 10.7. The molecule has 0 unspecified atom stereocenters. The van der Waals surface area contributed by atoms with E-state index in [4.69, 9.17) is 45.0 Å². The third-order valence-corrected chi connectivity index (χ3v) is 0. The molecule has 0 heterocycles. The third-order valence-electron chi connectivity index (χ3n) is 0. The van der Waals surface area contributed by atoms with Gasteiger partial charge in [-0.2, -0.15) is 0 Å². The molecule has 0 aliphatic heterocycles. The van der Waals surface area contributed by atoms with Gasteiger partial charge in [0.25, 0.3) is 0 Å². The van der Waals surface area contributed by atoms with Crippen molar-refractivity contribution in [3.63, 3.8) is 0 Å². The Morgan fingerprint density at radius 3 is 0.474 bits per heavy atom. The first-order valence-corrected chi connectivity index (χ1v) is 1.95. The molecule has 0 aromatic rings. The van der Waals surface area contributed by atoms with E-state index in [2.05, 4.69) is 0 Å². The summed E-state index contributed by atoms with van der Waals surface area (Å²) in [6, 6.07) is 0. The molecule has 12 N–H and O–H groups in total. The fourth-order valence-corrected chi connectivity index (χ4v) is 0. The van der Waals surface area contributed by atoms with Crippen molar-refractivity contribution in [2.24, 2.45) is 0 Å². The van der Waals surface area contributed by atoms with E-state index in [1.165, 1.54) is 0 Å². The van der Waals surface area contributed by atoms with Crippen molar-refractivity contribution in [3.05, 3.63) is 0 Å². The Kier molecular flexibility index (Phi) is 229. The summed E-state index contributed by atoms with van der Waals surface area (Å²) in [5.41, 5.74) is 0. The summed E-state index contributed by atoms with van der Waals surface area (Å²) in [5, 5.41) is 41.8. The molecule has 0 spiro atoms. The van der Waals surface area contributed by atoms with Crippen molar-refractivity contribution in [2.45, 2.75) is 0 Å². The first-order chi connectivity index (χ1) is 5.20. The predicted molar refractivity (Wildman–Crippen MR) is 59.9 cm³/mol. The molecule has 16 heteroatoms. The SMILES string of the molecule is O.O.O.O=C(O)O.O=C(O)O.O=C(O)O.[CaH2].[CaH2].[Fe].[Fe]. The van der Waals surface area contributed by atoms with E-state index in [9.17, 15) is 0 Å². The summed E-state index contributed by atoms with van der Waals surface area (Å²) in [7, 11) is 0. The van der Waals surface area contributed by atoms with Crippen molar-refractivity contribution >= 4 is 93.9 Å². The van der Waals surface area contributed by atoms with E-state index in [1.807, 2.05) is 0 Å². The molecule has 0 radical (unpaired) electrons. The molecule has 0 atom stereocenters. The summed E-state index contributed by atoms with van der Waals surface area (Å²) in [6.45, 7) is 0. The van der Waals surface area contributed by atoms with Crippen LogP contribution in [0.3, 0.4) is 0 Å². The van der Waals surface area contributed by atoms with E-state index >= 15 is 0 Å². The Morgan fingerprint density at radius 2 is 0.474 bits per heavy atom. The maximum atomic E-state index is 8.56. The van der Waals surface area contributed by atoms with Gasteiger partial charge in [0.2, 0.25) is 0 Å². The first kappa shape index (κ1) is 71.4. The maximum Gasteiger partial charge on any atom is 0 e. The average molecular weight is 436 g/mol. The van der Waals surface area contributed by atoms with Crippen molar-refractivity contribution < 1.29 is 95.6 Å². The normalized spacial score (nSPS) is 3.79. The molecule has 0 aliphatic carbocycles. The standard InChI is InChI=1S/3CH2O3.2Ca.2Fe.3H2O.4H/c3*2-1(3)4;;;;;;;;;;;/h3*(H2,2,3,4);;;;;3*1H2;;;;. The summed E-state index contributed by atoms with van der Waals surface area (Å²) in [5.74, 6) is 0. The second kappa shape index (κ2) is 61.0. The van der Waals surface area contributed by atoms with Gasteiger partial charge in [0.1, 0.15) is 0 Å². The van der Waals surface area contributed by atoms with Gasteiger partial charge in [-0.3, -0.25) is 0 Å². The minimum atomic E-state index is -1.83. The van der Waals surface area contributed by atoms with Gasteiger partial charge in [0.05, 0.1) is 0 Å². The van der Waals surface area contributed by atoms with Gasteiger partial charge in [0, 0.05) is 34.1 Å². The molecule has 19 heavy (non-hydrogen) atoms. The number of carbonyl (C=O) groups is 3. The molecule has 0 rings (SSSR count). The summed E-state index contributed by atoms with van der Waals surface area (Å²) < 4.78 is 0. The average Bonchev–Trinajstić information content (AvgIpc) is 1.54. The molecule has 0 aromatic carbocycles. The van der Waals surface area contributed by atoms with E-state index in [0.717, 1.165) is 0 Å². The number of rotatable bonds is 0. The van der Waals surface area contributed by atoms with Crippen LogP contribution < -0.4 is 0 Å². The molecule has 0 aromatic heterocycles. The van der Waals surface area contributed by atoms with Crippen molar-refractivity contribution in [3.8, 4) is 0 Å². The second-order valence-electron chi connectivity index (χ2n) is 0.848. The van der Waals surface area contributed by atoms with E-state index in [-0.39, 0.29) is 126 Å². The zero-order valence-corrected chi connectivity index (χ0v) is 9.82. The van der Waals surface area contributed by atoms with Crippen LogP contribution in [-0.2, 0) is 34.1 Å².